The highest BCUT2D eigenvalue weighted by molar-refractivity contribution is 5.90. The summed E-state index contributed by atoms with van der Waals surface area (Å²) in [5.41, 5.74) is 5.72. The molecule has 0 spiro atoms. The second kappa shape index (κ2) is 20.3. The zero-order valence-electron chi connectivity index (χ0n) is 35.5. The lowest BCUT2D eigenvalue weighted by atomic mass is 9.82. The molecule has 0 radical (unpaired) electrons. The van der Waals surface area contributed by atoms with Crippen LogP contribution in [-0.2, 0) is 55.1 Å². The van der Waals surface area contributed by atoms with Gasteiger partial charge < -0.3 is 24.7 Å². The third-order valence-electron chi connectivity index (χ3n) is 10.4. The van der Waals surface area contributed by atoms with Crippen LogP contribution in [0.4, 0.5) is 13.2 Å². The van der Waals surface area contributed by atoms with Crippen LogP contribution in [0.5, 0.6) is 0 Å². The second-order valence-corrected chi connectivity index (χ2v) is 16.3. The summed E-state index contributed by atoms with van der Waals surface area (Å²) in [6.45, 7) is 9.31. The van der Waals surface area contributed by atoms with Crippen LogP contribution in [0.2, 0.25) is 0 Å². The Morgan fingerprint density at radius 3 is 2.44 bits per heavy atom. The van der Waals surface area contributed by atoms with E-state index in [1.807, 2.05) is 44.7 Å². The van der Waals surface area contributed by atoms with Crippen molar-refractivity contribution < 1.29 is 41.8 Å². The predicted octanol–water partition coefficient (Wildman–Crippen LogP) is 5.02. The van der Waals surface area contributed by atoms with E-state index in [2.05, 4.69) is 21.2 Å². The van der Waals surface area contributed by atoms with Crippen molar-refractivity contribution in [2.75, 3.05) is 40.9 Å². The van der Waals surface area contributed by atoms with Gasteiger partial charge in [-0.2, -0.15) is 18.3 Å². The van der Waals surface area contributed by atoms with E-state index in [0.717, 1.165) is 12.8 Å². The first-order valence-electron chi connectivity index (χ1n) is 19.7. The normalized spacial score (nSPS) is 15.4. The highest BCUT2D eigenvalue weighted by atomic mass is 19.4. The first kappa shape index (κ1) is 46.7. The van der Waals surface area contributed by atoms with Crippen LogP contribution in [0, 0.1) is 11.3 Å². The number of benzene rings is 1. The SMILES string of the molecule is COC(C)c1c(-c2c(CC(C)(C)COC=O)c(-c3cccc(CC(NC(=O)C(C(C)C)N(C)C)C(=O)N4CCCCN4)c3)c(/C=C\NC=O)n2CC(F)(F)F)cnn1C. The number of nitrogens with zero attached hydrogens (tertiary/aromatic N) is 5. The van der Waals surface area contributed by atoms with Gasteiger partial charge in [0.05, 0.1) is 42.0 Å². The summed E-state index contributed by atoms with van der Waals surface area (Å²) in [6.07, 6.45) is 1.26. The minimum absolute atomic E-state index is 0.0372. The number of halogens is 3. The topological polar surface area (TPSA) is 152 Å². The van der Waals surface area contributed by atoms with Gasteiger partial charge in [0.2, 0.25) is 12.3 Å². The quantitative estimate of drug-likeness (QED) is 0.133. The molecule has 1 aromatic carbocycles. The molecule has 2 aromatic heterocycles. The summed E-state index contributed by atoms with van der Waals surface area (Å²) in [7, 11) is 6.80. The summed E-state index contributed by atoms with van der Waals surface area (Å²) in [5, 5.41) is 11.4. The lowest BCUT2D eigenvalue weighted by Gasteiger charge is -2.33. The molecule has 1 fully saturated rings. The number of carbonyl (C=O) groups is 4. The number of alkyl halides is 3. The van der Waals surface area contributed by atoms with Gasteiger partial charge in [-0.15, -0.1) is 0 Å². The van der Waals surface area contributed by atoms with Gasteiger partial charge in [0, 0.05) is 56.4 Å². The van der Waals surface area contributed by atoms with Gasteiger partial charge in [-0.3, -0.25) is 33.8 Å². The maximum absolute atomic E-state index is 14.8. The Kier molecular flexibility index (Phi) is 16.1. The molecule has 1 aliphatic rings. The molecule has 3 N–H and O–H groups in total. The Morgan fingerprint density at radius 1 is 1.12 bits per heavy atom. The van der Waals surface area contributed by atoms with Crippen molar-refractivity contribution in [2.45, 2.75) is 91.2 Å². The van der Waals surface area contributed by atoms with E-state index >= 15 is 0 Å². The minimum Gasteiger partial charge on any atom is -0.467 e. The van der Waals surface area contributed by atoms with Crippen LogP contribution >= 0.6 is 0 Å². The van der Waals surface area contributed by atoms with E-state index in [1.165, 1.54) is 30.1 Å². The fourth-order valence-corrected chi connectivity index (χ4v) is 7.93. The fraction of sp³-hybridized carbons (Fsp3) is 0.548. The summed E-state index contributed by atoms with van der Waals surface area (Å²) < 4.78 is 58.0. The van der Waals surface area contributed by atoms with Crippen LogP contribution in [0.3, 0.4) is 0 Å². The molecule has 1 aliphatic heterocycles. The van der Waals surface area contributed by atoms with Crippen molar-refractivity contribution in [3.8, 4) is 22.4 Å². The molecule has 1 saturated heterocycles. The molecule has 324 valence electrons. The predicted molar refractivity (Wildman–Crippen MR) is 218 cm³/mol. The van der Waals surface area contributed by atoms with Gasteiger partial charge in [0.1, 0.15) is 12.6 Å². The maximum atomic E-state index is 14.8. The monoisotopic (exact) mass is 828 g/mol. The first-order chi connectivity index (χ1) is 27.8. The number of aromatic nitrogens is 3. The van der Waals surface area contributed by atoms with Crippen LogP contribution in [0.15, 0.2) is 36.7 Å². The summed E-state index contributed by atoms with van der Waals surface area (Å²) in [6, 6.07) is 5.66. The van der Waals surface area contributed by atoms with Crippen molar-refractivity contribution in [2.24, 2.45) is 18.4 Å². The van der Waals surface area contributed by atoms with Gasteiger partial charge in [0.15, 0.2) is 0 Å². The molecule has 3 atom stereocenters. The maximum Gasteiger partial charge on any atom is 0.406 e. The summed E-state index contributed by atoms with van der Waals surface area (Å²) >= 11 is 0. The fourth-order valence-electron chi connectivity index (χ4n) is 7.93. The molecule has 0 bridgehead atoms. The number of nitrogens with one attached hydrogen (secondary N) is 3. The van der Waals surface area contributed by atoms with E-state index in [9.17, 15) is 32.3 Å². The number of likely N-dealkylation sites (N-methyl/N-ethyl adjacent to an activating group) is 1. The standard InChI is InChI=1S/C42H59F3N8O6/c1-27(2)36(50(6)7)39(56)49-33(40(57)53-18-11-10-16-47-53)20-29-13-12-14-30(19-29)35-31(21-41(4,5)24-59-26-55)38(32-22-48-51(8)37(32)28(3)58-9)52(23-42(43,44)45)34(35)15-17-46-25-54/h12-15,17,19,22,25-28,33,36,47H,10-11,16,18,20-21,23-24H2,1-9H3,(H,46,54)(H,49,56)/b17-15-. The molecule has 3 unspecified atom stereocenters. The number of rotatable bonds is 20. The molecule has 3 heterocycles. The Hall–Kier alpha value is -5.00. The lowest BCUT2D eigenvalue weighted by molar-refractivity contribution is -0.141. The van der Waals surface area contributed by atoms with Crippen molar-refractivity contribution in [3.63, 3.8) is 0 Å². The molecule has 59 heavy (non-hydrogen) atoms. The van der Waals surface area contributed by atoms with Gasteiger partial charge in [-0.1, -0.05) is 52.0 Å². The molecule has 4 rings (SSSR count). The Balaban J connectivity index is 2.03. The van der Waals surface area contributed by atoms with Gasteiger partial charge >= 0.3 is 6.18 Å². The van der Waals surface area contributed by atoms with Crippen LogP contribution in [-0.4, -0.2) is 108 Å². The van der Waals surface area contributed by atoms with Crippen molar-refractivity contribution in [3.05, 3.63) is 59.2 Å². The van der Waals surface area contributed by atoms with E-state index in [-0.39, 0.29) is 48.6 Å². The zero-order valence-corrected chi connectivity index (χ0v) is 35.5. The van der Waals surface area contributed by atoms with E-state index in [4.69, 9.17) is 9.47 Å². The first-order valence-corrected chi connectivity index (χ1v) is 19.7. The molecule has 14 nitrogen and oxygen atoms in total. The van der Waals surface area contributed by atoms with E-state index < -0.39 is 36.3 Å². The Morgan fingerprint density at radius 2 is 1.85 bits per heavy atom. The lowest BCUT2D eigenvalue weighted by Crippen LogP contribution is -2.58. The average molecular weight is 829 g/mol. The van der Waals surface area contributed by atoms with Crippen molar-refractivity contribution in [1.29, 1.82) is 0 Å². The average Bonchev–Trinajstić information content (AvgIpc) is 3.68. The molecule has 0 aliphatic carbocycles. The number of hydrogen-bond donors (Lipinski definition) is 3. The molecule has 17 heteroatoms. The largest absolute Gasteiger partial charge is 0.467 e. The smallest absolute Gasteiger partial charge is 0.406 e. The third kappa shape index (κ3) is 11.8. The molecule has 0 saturated carbocycles. The molecule has 3 aromatic rings. The highest BCUT2D eigenvalue weighted by Crippen LogP contribution is 2.45. The van der Waals surface area contributed by atoms with Crippen LogP contribution < -0.4 is 16.1 Å². The van der Waals surface area contributed by atoms with Crippen LogP contribution in [0.1, 0.15) is 76.1 Å². The number of hydrogen-bond acceptors (Lipinski definition) is 9. The van der Waals surface area contributed by atoms with Crippen molar-refractivity contribution in [1.82, 2.24) is 40.3 Å². The second-order valence-electron chi connectivity index (χ2n) is 16.3. The Labute approximate surface area is 344 Å². The minimum atomic E-state index is -4.69. The highest BCUT2D eigenvalue weighted by Gasteiger charge is 2.37. The van der Waals surface area contributed by atoms with Gasteiger partial charge in [-0.25, -0.2) is 5.43 Å². The summed E-state index contributed by atoms with van der Waals surface area (Å²) in [4.78, 5) is 52.5. The van der Waals surface area contributed by atoms with Crippen molar-refractivity contribution >= 4 is 30.8 Å². The molecule has 3 amide bonds. The number of aryl methyl sites for hydroxylation is 1. The number of carbonyl (C=O) groups excluding carboxylic acids is 4. The molecular weight excluding hydrogens is 770 g/mol. The number of ether oxygens (including phenoxy) is 2. The molecular formula is C42H59F3N8O6. The number of hydrazine groups is 1. The van der Waals surface area contributed by atoms with Crippen LogP contribution in [0.25, 0.3) is 28.5 Å². The summed E-state index contributed by atoms with van der Waals surface area (Å²) in [5.74, 6) is -0.667. The number of amides is 3. The van der Waals surface area contributed by atoms with E-state index in [1.54, 1.807) is 49.9 Å². The van der Waals surface area contributed by atoms with E-state index in [0.29, 0.717) is 59.5 Å². The number of methoxy groups -OCH3 is 1. The zero-order chi connectivity index (χ0) is 43.7. The van der Waals surface area contributed by atoms with Gasteiger partial charge in [-0.05, 0) is 69.0 Å². The Bertz CT molecular complexity index is 1940. The third-order valence-corrected chi connectivity index (χ3v) is 10.4. The van der Waals surface area contributed by atoms with Gasteiger partial charge in [0.25, 0.3) is 12.4 Å².